The summed E-state index contributed by atoms with van der Waals surface area (Å²) >= 11 is 0. The first-order valence-corrected chi connectivity index (χ1v) is 8.57. The van der Waals surface area contributed by atoms with Gasteiger partial charge in [0.1, 0.15) is 12.4 Å². The summed E-state index contributed by atoms with van der Waals surface area (Å²) < 4.78 is 65.8. The SMILES string of the molecule is CCn1cc(S(=O)(=O)Nc2ccccc2NCC(F)(F)F)nc1C. The highest BCUT2D eigenvalue weighted by Gasteiger charge is 2.27. The Bertz CT molecular complexity index is 816. The minimum Gasteiger partial charge on any atom is -0.375 e. The Labute approximate surface area is 137 Å². The van der Waals surface area contributed by atoms with E-state index in [0.717, 1.165) is 0 Å². The van der Waals surface area contributed by atoms with E-state index >= 15 is 0 Å². The molecule has 0 amide bonds. The van der Waals surface area contributed by atoms with Gasteiger partial charge >= 0.3 is 6.18 Å². The maximum atomic E-state index is 12.4. The van der Waals surface area contributed by atoms with E-state index in [2.05, 4.69) is 15.0 Å². The average Bonchev–Trinajstić information content (AvgIpc) is 2.87. The summed E-state index contributed by atoms with van der Waals surface area (Å²) in [4.78, 5) is 3.98. The molecule has 1 aromatic heterocycles. The molecule has 0 fully saturated rings. The molecule has 0 aliphatic rings. The Kier molecular flexibility index (Phi) is 5.07. The molecule has 0 saturated carbocycles. The smallest absolute Gasteiger partial charge is 0.375 e. The van der Waals surface area contributed by atoms with Crippen molar-refractivity contribution in [3.05, 3.63) is 36.3 Å². The first-order chi connectivity index (χ1) is 11.1. The van der Waals surface area contributed by atoms with Gasteiger partial charge in [0.15, 0.2) is 5.03 Å². The van der Waals surface area contributed by atoms with E-state index in [4.69, 9.17) is 0 Å². The second kappa shape index (κ2) is 6.71. The number of alkyl halides is 3. The normalized spacial score (nSPS) is 12.2. The van der Waals surface area contributed by atoms with Crippen LogP contribution in [0.2, 0.25) is 0 Å². The lowest BCUT2D eigenvalue weighted by Gasteiger charge is -2.14. The molecule has 0 radical (unpaired) electrons. The van der Waals surface area contributed by atoms with E-state index in [-0.39, 0.29) is 16.4 Å². The third kappa shape index (κ3) is 4.40. The van der Waals surface area contributed by atoms with E-state index in [1.54, 1.807) is 11.5 Å². The number of sulfonamides is 1. The molecule has 0 unspecified atom stereocenters. The molecule has 1 heterocycles. The van der Waals surface area contributed by atoms with Crippen LogP contribution in [0.5, 0.6) is 0 Å². The monoisotopic (exact) mass is 362 g/mol. The van der Waals surface area contributed by atoms with Crippen molar-refractivity contribution < 1.29 is 21.6 Å². The van der Waals surface area contributed by atoms with Crippen LogP contribution < -0.4 is 10.0 Å². The Hall–Kier alpha value is -2.23. The van der Waals surface area contributed by atoms with Crippen molar-refractivity contribution in [1.29, 1.82) is 0 Å². The van der Waals surface area contributed by atoms with Gasteiger partial charge in [0.2, 0.25) is 0 Å². The van der Waals surface area contributed by atoms with Crippen molar-refractivity contribution in [1.82, 2.24) is 9.55 Å². The summed E-state index contributed by atoms with van der Waals surface area (Å²) in [5, 5.41) is 1.99. The molecular weight excluding hydrogens is 345 g/mol. The molecule has 132 valence electrons. The number of anilines is 2. The second-order valence-electron chi connectivity index (χ2n) is 5.03. The van der Waals surface area contributed by atoms with Crippen LogP contribution in [0.4, 0.5) is 24.5 Å². The van der Waals surface area contributed by atoms with Crippen molar-refractivity contribution in [2.75, 3.05) is 16.6 Å². The third-order valence-electron chi connectivity index (χ3n) is 3.22. The molecule has 0 spiro atoms. The number of hydrogen-bond acceptors (Lipinski definition) is 4. The molecule has 0 saturated heterocycles. The number of hydrogen-bond donors (Lipinski definition) is 2. The van der Waals surface area contributed by atoms with Gasteiger partial charge in [0, 0.05) is 12.7 Å². The highest BCUT2D eigenvalue weighted by Crippen LogP contribution is 2.26. The van der Waals surface area contributed by atoms with E-state index in [0.29, 0.717) is 12.4 Å². The molecule has 1 aromatic carbocycles. The second-order valence-corrected chi connectivity index (χ2v) is 6.66. The molecule has 0 bridgehead atoms. The van der Waals surface area contributed by atoms with Gasteiger partial charge in [-0.05, 0) is 26.0 Å². The maximum absolute atomic E-state index is 12.4. The topological polar surface area (TPSA) is 76.0 Å². The molecule has 2 N–H and O–H groups in total. The lowest BCUT2D eigenvalue weighted by atomic mass is 10.3. The first-order valence-electron chi connectivity index (χ1n) is 7.08. The minimum atomic E-state index is -4.41. The van der Waals surface area contributed by atoms with Crippen molar-refractivity contribution >= 4 is 21.4 Å². The van der Waals surface area contributed by atoms with Gasteiger partial charge in [-0.25, -0.2) is 4.98 Å². The number of aryl methyl sites for hydroxylation is 2. The Morgan fingerprint density at radius 2 is 1.83 bits per heavy atom. The molecule has 10 heteroatoms. The predicted molar refractivity (Wildman–Crippen MR) is 84.4 cm³/mol. The zero-order valence-electron chi connectivity index (χ0n) is 13.1. The number of aromatic nitrogens is 2. The van der Waals surface area contributed by atoms with Crippen molar-refractivity contribution in [2.45, 2.75) is 31.6 Å². The zero-order chi connectivity index (χ0) is 18.0. The zero-order valence-corrected chi connectivity index (χ0v) is 13.9. The average molecular weight is 362 g/mol. The van der Waals surface area contributed by atoms with Crippen LogP contribution >= 0.6 is 0 Å². The predicted octanol–water partition coefficient (Wildman–Crippen LogP) is 2.99. The van der Waals surface area contributed by atoms with Gasteiger partial charge in [-0.1, -0.05) is 12.1 Å². The Morgan fingerprint density at radius 3 is 2.38 bits per heavy atom. The number of para-hydroxylation sites is 2. The van der Waals surface area contributed by atoms with Crippen molar-refractivity contribution in [3.63, 3.8) is 0 Å². The maximum Gasteiger partial charge on any atom is 0.405 e. The molecular formula is C14H17F3N4O2S. The third-order valence-corrected chi connectivity index (χ3v) is 4.46. The van der Waals surface area contributed by atoms with Crippen molar-refractivity contribution in [3.8, 4) is 0 Å². The summed E-state index contributed by atoms with van der Waals surface area (Å²) in [6, 6.07) is 5.76. The summed E-state index contributed by atoms with van der Waals surface area (Å²) in [6.45, 7) is 2.80. The van der Waals surface area contributed by atoms with E-state index in [1.165, 1.54) is 30.5 Å². The van der Waals surface area contributed by atoms with Crippen LogP contribution in [-0.2, 0) is 16.6 Å². The molecule has 24 heavy (non-hydrogen) atoms. The summed E-state index contributed by atoms with van der Waals surface area (Å²) in [6.07, 6.45) is -3.04. The van der Waals surface area contributed by atoms with Crippen LogP contribution in [0.1, 0.15) is 12.7 Å². The number of rotatable bonds is 6. The summed E-state index contributed by atoms with van der Waals surface area (Å²) in [7, 11) is -4.00. The Morgan fingerprint density at radius 1 is 1.21 bits per heavy atom. The summed E-state index contributed by atoms with van der Waals surface area (Å²) in [5.74, 6) is 0.529. The van der Waals surface area contributed by atoms with E-state index in [1.807, 2.05) is 6.92 Å². The quantitative estimate of drug-likeness (QED) is 0.828. The van der Waals surface area contributed by atoms with E-state index < -0.39 is 22.7 Å². The fourth-order valence-electron chi connectivity index (χ4n) is 2.05. The lowest BCUT2D eigenvalue weighted by molar-refractivity contribution is -0.115. The largest absolute Gasteiger partial charge is 0.405 e. The fraction of sp³-hybridized carbons (Fsp3) is 0.357. The van der Waals surface area contributed by atoms with Gasteiger partial charge in [-0.3, -0.25) is 4.72 Å². The number of imidazole rings is 1. The van der Waals surface area contributed by atoms with Gasteiger partial charge in [-0.15, -0.1) is 0 Å². The van der Waals surface area contributed by atoms with Crippen molar-refractivity contribution in [2.24, 2.45) is 0 Å². The minimum absolute atomic E-state index is 0.0189. The van der Waals surface area contributed by atoms with Crippen LogP contribution in [0.3, 0.4) is 0 Å². The number of halogens is 3. The molecule has 6 nitrogen and oxygen atoms in total. The molecule has 2 rings (SSSR count). The molecule has 0 aliphatic carbocycles. The van der Waals surface area contributed by atoms with Crippen LogP contribution in [-0.4, -0.2) is 30.7 Å². The van der Waals surface area contributed by atoms with Crippen LogP contribution in [0.15, 0.2) is 35.5 Å². The van der Waals surface area contributed by atoms with Gasteiger partial charge in [0.05, 0.1) is 11.4 Å². The number of benzene rings is 1. The molecule has 0 aliphatic heterocycles. The highest BCUT2D eigenvalue weighted by atomic mass is 32.2. The molecule has 2 aromatic rings. The fourth-order valence-corrected chi connectivity index (χ4v) is 3.14. The van der Waals surface area contributed by atoms with Crippen LogP contribution in [0.25, 0.3) is 0 Å². The standard InChI is InChI=1S/C14H17F3N4O2S/c1-3-21-8-13(19-10(21)2)24(22,23)20-12-7-5-4-6-11(12)18-9-14(15,16)17/h4-8,18,20H,3,9H2,1-2H3. The van der Waals surface area contributed by atoms with Gasteiger partial charge in [0.25, 0.3) is 10.0 Å². The number of nitrogens with zero attached hydrogens (tertiary/aromatic N) is 2. The highest BCUT2D eigenvalue weighted by molar-refractivity contribution is 7.92. The van der Waals surface area contributed by atoms with Gasteiger partial charge < -0.3 is 9.88 Å². The summed E-state index contributed by atoms with van der Waals surface area (Å²) in [5.41, 5.74) is 0.0514. The molecule has 0 atom stereocenters. The lowest BCUT2D eigenvalue weighted by Crippen LogP contribution is -2.22. The van der Waals surface area contributed by atoms with Crippen LogP contribution in [0, 0.1) is 6.92 Å². The van der Waals surface area contributed by atoms with Gasteiger partial charge in [-0.2, -0.15) is 21.6 Å². The van der Waals surface area contributed by atoms with E-state index in [9.17, 15) is 21.6 Å². The number of nitrogens with one attached hydrogen (secondary N) is 2. The Balaban J connectivity index is 2.26. The first kappa shape index (κ1) is 18.1.